The number of H-pyrrole nitrogens is 1. The van der Waals surface area contributed by atoms with Crippen molar-refractivity contribution in [3.63, 3.8) is 0 Å². The molecule has 22 heavy (non-hydrogen) atoms. The van der Waals surface area contributed by atoms with Gasteiger partial charge in [-0.05, 0) is 12.1 Å². The SMILES string of the molecule is c1ccc(Oc2cnc3c(-c4ccccc4)n[nH]c3c2)cc1. The molecule has 0 saturated heterocycles. The Kier molecular flexibility index (Phi) is 3.05. The summed E-state index contributed by atoms with van der Waals surface area (Å²) in [6.45, 7) is 0. The highest BCUT2D eigenvalue weighted by atomic mass is 16.5. The van der Waals surface area contributed by atoms with Gasteiger partial charge >= 0.3 is 0 Å². The van der Waals surface area contributed by atoms with Gasteiger partial charge in [0.2, 0.25) is 0 Å². The van der Waals surface area contributed by atoms with Crippen LogP contribution in [-0.2, 0) is 0 Å². The van der Waals surface area contributed by atoms with Crippen molar-refractivity contribution in [3.05, 3.63) is 72.9 Å². The van der Waals surface area contributed by atoms with Crippen molar-refractivity contribution >= 4 is 11.0 Å². The summed E-state index contributed by atoms with van der Waals surface area (Å²) in [6.07, 6.45) is 1.72. The predicted molar refractivity (Wildman–Crippen MR) is 85.8 cm³/mol. The largest absolute Gasteiger partial charge is 0.456 e. The Morgan fingerprint density at radius 2 is 1.55 bits per heavy atom. The van der Waals surface area contributed by atoms with Crippen molar-refractivity contribution in [2.45, 2.75) is 0 Å². The summed E-state index contributed by atoms with van der Waals surface area (Å²) >= 11 is 0. The van der Waals surface area contributed by atoms with Gasteiger partial charge in [0.05, 0.1) is 11.7 Å². The maximum absolute atomic E-state index is 5.79. The molecule has 0 amide bonds. The van der Waals surface area contributed by atoms with E-state index in [0.29, 0.717) is 5.75 Å². The number of aromatic amines is 1. The Morgan fingerprint density at radius 3 is 2.32 bits per heavy atom. The van der Waals surface area contributed by atoms with Crippen LogP contribution in [0.25, 0.3) is 22.3 Å². The number of benzene rings is 2. The fourth-order valence-electron chi connectivity index (χ4n) is 2.37. The standard InChI is InChI=1S/C18H13N3O/c1-3-7-13(8-4-1)17-18-16(20-21-17)11-15(12-19-18)22-14-9-5-2-6-10-14/h1-12H,(H,20,21). The third-order valence-corrected chi connectivity index (χ3v) is 3.40. The molecule has 0 aliphatic rings. The smallest absolute Gasteiger partial charge is 0.147 e. The van der Waals surface area contributed by atoms with Gasteiger partial charge in [-0.15, -0.1) is 0 Å². The highest BCUT2D eigenvalue weighted by molar-refractivity contribution is 5.89. The Balaban J connectivity index is 1.71. The number of pyridine rings is 1. The summed E-state index contributed by atoms with van der Waals surface area (Å²) in [6, 6.07) is 21.6. The zero-order valence-corrected chi connectivity index (χ0v) is 11.7. The van der Waals surface area contributed by atoms with Gasteiger partial charge in [0, 0.05) is 11.6 Å². The lowest BCUT2D eigenvalue weighted by Gasteiger charge is -2.04. The summed E-state index contributed by atoms with van der Waals surface area (Å²) in [5, 5.41) is 7.39. The first-order valence-electron chi connectivity index (χ1n) is 7.02. The molecular formula is C18H13N3O. The summed E-state index contributed by atoms with van der Waals surface area (Å²) < 4.78 is 5.79. The van der Waals surface area contributed by atoms with E-state index in [1.54, 1.807) is 6.20 Å². The van der Waals surface area contributed by atoms with Crippen LogP contribution >= 0.6 is 0 Å². The zero-order chi connectivity index (χ0) is 14.8. The summed E-state index contributed by atoms with van der Waals surface area (Å²) in [5.74, 6) is 1.47. The number of hydrogen-bond acceptors (Lipinski definition) is 3. The molecule has 0 unspecified atom stereocenters. The lowest BCUT2D eigenvalue weighted by molar-refractivity contribution is 0.481. The van der Waals surface area contributed by atoms with E-state index in [1.807, 2.05) is 66.7 Å². The fourth-order valence-corrected chi connectivity index (χ4v) is 2.37. The van der Waals surface area contributed by atoms with Gasteiger partial charge in [-0.1, -0.05) is 48.5 Å². The first-order valence-corrected chi connectivity index (χ1v) is 7.02. The van der Waals surface area contributed by atoms with Crippen LogP contribution in [0.4, 0.5) is 0 Å². The molecule has 0 aliphatic heterocycles. The summed E-state index contributed by atoms with van der Waals surface area (Å²) in [4.78, 5) is 4.49. The van der Waals surface area contributed by atoms with Crippen LogP contribution in [0.1, 0.15) is 0 Å². The lowest BCUT2D eigenvalue weighted by Crippen LogP contribution is -1.86. The molecule has 1 N–H and O–H groups in total. The average Bonchev–Trinajstić information content (AvgIpc) is 3.00. The number of rotatable bonds is 3. The maximum atomic E-state index is 5.79. The van der Waals surface area contributed by atoms with E-state index in [0.717, 1.165) is 28.0 Å². The lowest BCUT2D eigenvalue weighted by atomic mass is 10.1. The normalized spacial score (nSPS) is 10.7. The topological polar surface area (TPSA) is 50.8 Å². The molecule has 4 aromatic rings. The number of para-hydroxylation sites is 1. The van der Waals surface area contributed by atoms with Crippen LogP contribution < -0.4 is 4.74 Å². The van der Waals surface area contributed by atoms with E-state index in [1.165, 1.54) is 0 Å². The minimum Gasteiger partial charge on any atom is -0.456 e. The molecule has 4 nitrogen and oxygen atoms in total. The quantitative estimate of drug-likeness (QED) is 0.607. The second kappa shape index (κ2) is 5.33. The summed E-state index contributed by atoms with van der Waals surface area (Å²) in [7, 11) is 0. The van der Waals surface area contributed by atoms with E-state index in [2.05, 4.69) is 15.2 Å². The van der Waals surface area contributed by atoms with Gasteiger partial charge in [0.1, 0.15) is 22.7 Å². The molecule has 4 rings (SSSR count). The van der Waals surface area contributed by atoms with E-state index in [4.69, 9.17) is 4.74 Å². The Hall–Kier alpha value is -3.14. The molecule has 0 radical (unpaired) electrons. The van der Waals surface area contributed by atoms with Gasteiger partial charge in [-0.3, -0.25) is 5.10 Å². The third kappa shape index (κ3) is 2.31. The minimum absolute atomic E-state index is 0.682. The fraction of sp³-hybridized carbons (Fsp3) is 0. The molecule has 0 saturated carbocycles. The molecule has 0 atom stereocenters. The number of nitrogens with one attached hydrogen (secondary N) is 1. The monoisotopic (exact) mass is 287 g/mol. The molecule has 4 heteroatoms. The molecule has 2 aromatic heterocycles. The second-order valence-corrected chi connectivity index (χ2v) is 4.92. The molecular weight excluding hydrogens is 274 g/mol. The van der Waals surface area contributed by atoms with E-state index in [9.17, 15) is 0 Å². The minimum atomic E-state index is 0.682. The van der Waals surface area contributed by atoms with Gasteiger partial charge in [0.25, 0.3) is 0 Å². The number of nitrogens with zero attached hydrogens (tertiary/aromatic N) is 2. The van der Waals surface area contributed by atoms with Crippen LogP contribution in [0, 0.1) is 0 Å². The van der Waals surface area contributed by atoms with Gasteiger partial charge in [0.15, 0.2) is 0 Å². The number of fused-ring (bicyclic) bond motifs is 1. The Labute approximate surface area is 127 Å². The van der Waals surface area contributed by atoms with Gasteiger partial charge < -0.3 is 4.74 Å². The molecule has 0 bridgehead atoms. The highest BCUT2D eigenvalue weighted by Gasteiger charge is 2.10. The van der Waals surface area contributed by atoms with Crippen molar-refractivity contribution in [1.29, 1.82) is 0 Å². The molecule has 2 heterocycles. The molecule has 0 aliphatic carbocycles. The number of aromatic nitrogens is 3. The van der Waals surface area contributed by atoms with E-state index >= 15 is 0 Å². The highest BCUT2D eigenvalue weighted by Crippen LogP contribution is 2.28. The molecule has 2 aromatic carbocycles. The van der Waals surface area contributed by atoms with Crippen LogP contribution in [0.5, 0.6) is 11.5 Å². The number of hydrogen-bond donors (Lipinski definition) is 1. The van der Waals surface area contributed by atoms with Crippen molar-refractivity contribution in [1.82, 2.24) is 15.2 Å². The zero-order valence-electron chi connectivity index (χ0n) is 11.7. The van der Waals surface area contributed by atoms with Crippen LogP contribution in [0.15, 0.2) is 72.9 Å². The molecule has 0 spiro atoms. The van der Waals surface area contributed by atoms with Crippen molar-refractivity contribution in [2.75, 3.05) is 0 Å². The number of ether oxygens (including phenoxy) is 1. The average molecular weight is 287 g/mol. The second-order valence-electron chi connectivity index (χ2n) is 4.92. The van der Waals surface area contributed by atoms with E-state index < -0.39 is 0 Å². The van der Waals surface area contributed by atoms with Crippen molar-refractivity contribution in [2.24, 2.45) is 0 Å². The van der Waals surface area contributed by atoms with Crippen LogP contribution in [0.2, 0.25) is 0 Å². The predicted octanol–water partition coefficient (Wildman–Crippen LogP) is 4.42. The molecule has 0 fully saturated rings. The van der Waals surface area contributed by atoms with E-state index in [-0.39, 0.29) is 0 Å². The van der Waals surface area contributed by atoms with Crippen molar-refractivity contribution < 1.29 is 4.74 Å². The Morgan fingerprint density at radius 1 is 0.818 bits per heavy atom. The molecule has 106 valence electrons. The third-order valence-electron chi connectivity index (χ3n) is 3.40. The van der Waals surface area contributed by atoms with Crippen LogP contribution in [0.3, 0.4) is 0 Å². The van der Waals surface area contributed by atoms with Gasteiger partial charge in [-0.25, -0.2) is 4.98 Å². The summed E-state index contributed by atoms with van der Waals surface area (Å²) in [5.41, 5.74) is 3.58. The first-order chi connectivity index (χ1) is 10.9. The maximum Gasteiger partial charge on any atom is 0.147 e. The van der Waals surface area contributed by atoms with Gasteiger partial charge in [-0.2, -0.15) is 5.10 Å². The van der Waals surface area contributed by atoms with Crippen LogP contribution in [-0.4, -0.2) is 15.2 Å². The Bertz CT molecular complexity index is 901. The van der Waals surface area contributed by atoms with Crippen molar-refractivity contribution in [3.8, 4) is 22.8 Å². The first kappa shape index (κ1) is 12.6.